The van der Waals surface area contributed by atoms with E-state index in [1.807, 2.05) is 24.3 Å². The van der Waals surface area contributed by atoms with Gasteiger partial charge in [0.15, 0.2) is 11.5 Å². The molecule has 0 unspecified atom stereocenters. The van der Waals surface area contributed by atoms with Crippen LogP contribution in [0.1, 0.15) is 10.4 Å². The highest BCUT2D eigenvalue weighted by atomic mass is 35.5. The lowest BCUT2D eigenvalue weighted by Crippen LogP contribution is -2.15. The van der Waals surface area contributed by atoms with Gasteiger partial charge in [-0.05, 0) is 36.4 Å². The number of hydrogen-bond donors (Lipinski definition) is 2. The van der Waals surface area contributed by atoms with Crippen LogP contribution in [0.5, 0.6) is 11.5 Å². The molecule has 4 rings (SSSR count). The van der Waals surface area contributed by atoms with Crippen molar-refractivity contribution in [2.45, 2.75) is 0 Å². The van der Waals surface area contributed by atoms with Gasteiger partial charge in [-0.2, -0.15) is 0 Å². The number of ether oxygens (including phenoxy) is 2. The topological polar surface area (TPSA) is 72.5 Å². The van der Waals surface area contributed by atoms with E-state index >= 15 is 0 Å². The van der Waals surface area contributed by atoms with Crippen LogP contribution < -0.4 is 20.1 Å². The number of aromatic nitrogens is 1. The van der Waals surface area contributed by atoms with Gasteiger partial charge in [0.25, 0.3) is 5.91 Å². The third-order valence-corrected chi connectivity index (χ3v) is 4.28. The normalized spacial score (nSPS) is 12.3. The Morgan fingerprint density at radius 3 is 2.52 bits per heavy atom. The fourth-order valence-electron chi connectivity index (χ4n) is 2.66. The zero-order chi connectivity index (χ0) is 18.6. The molecule has 2 aromatic carbocycles. The summed E-state index contributed by atoms with van der Waals surface area (Å²) in [6, 6.07) is 16.1. The van der Waals surface area contributed by atoms with Gasteiger partial charge in [-0.1, -0.05) is 23.7 Å². The molecular formula is C20H16ClN3O3. The predicted octanol–water partition coefficient (Wildman–Crippen LogP) is 4.50. The van der Waals surface area contributed by atoms with Crippen molar-refractivity contribution in [2.75, 3.05) is 23.8 Å². The summed E-state index contributed by atoms with van der Waals surface area (Å²) >= 11 is 6.04. The van der Waals surface area contributed by atoms with Crippen LogP contribution in [0.4, 0.5) is 17.2 Å². The molecule has 0 fully saturated rings. The van der Waals surface area contributed by atoms with Crippen molar-refractivity contribution in [3.8, 4) is 11.5 Å². The summed E-state index contributed by atoms with van der Waals surface area (Å²) in [5, 5.41) is 6.37. The fourth-order valence-corrected chi connectivity index (χ4v) is 2.88. The van der Waals surface area contributed by atoms with Crippen molar-refractivity contribution in [3.63, 3.8) is 0 Å². The van der Waals surface area contributed by atoms with E-state index in [-0.39, 0.29) is 5.91 Å². The smallest absolute Gasteiger partial charge is 0.258 e. The van der Waals surface area contributed by atoms with E-state index in [0.717, 1.165) is 17.1 Å². The Balaban J connectivity index is 1.43. The lowest BCUT2D eigenvalue weighted by molar-refractivity contribution is 0.102. The summed E-state index contributed by atoms with van der Waals surface area (Å²) in [4.78, 5) is 16.5. The number of nitrogens with zero attached hydrogens (tertiary/aromatic N) is 1. The molecule has 2 N–H and O–H groups in total. The average Bonchev–Trinajstić information content (AvgIpc) is 2.70. The molecule has 0 saturated heterocycles. The van der Waals surface area contributed by atoms with E-state index in [1.54, 1.807) is 36.5 Å². The first kappa shape index (κ1) is 17.2. The number of carbonyl (C=O) groups excluding carboxylic acids is 1. The Hall–Kier alpha value is -3.25. The van der Waals surface area contributed by atoms with Crippen LogP contribution in [0.2, 0.25) is 5.02 Å². The number of fused-ring (bicyclic) bond motifs is 1. The van der Waals surface area contributed by atoms with Crippen LogP contribution in [0.3, 0.4) is 0 Å². The zero-order valence-corrected chi connectivity index (χ0v) is 15.0. The molecule has 2 heterocycles. The van der Waals surface area contributed by atoms with Crippen molar-refractivity contribution in [1.29, 1.82) is 0 Å². The highest BCUT2D eigenvalue weighted by Gasteiger charge is 2.12. The zero-order valence-electron chi connectivity index (χ0n) is 14.2. The molecule has 3 aromatic rings. The molecule has 0 atom stereocenters. The summed E-state index contributed by atoms with van der Waals surface area (Å²) < 4.78 is 11.1. The molecule has 6 nitrogen and oxygen atoms in total. The largest absolute Gasteiger partial charge is 0.486 e. The number of halogens is 1. The molecule has 7 heteroatoms. The van der Waals surface area contributed by atoms with Crippen LogP contribution >= 0.6 is 11.6 Å². The Bertz CT molecular complexity index is 976. The summed E-state index contributed by atoms with van der Waals surface area (Å²) in [7, 11) is 0. The first-order valence-corrected chi connectivity index (χ1v) is 8.75. The highest BCUT2D eigenvalue weighted by molar-refractivity contribution is 6.34. The van der Waals surface area contributed by atoms with E-state index < -0.39 is 0 Å². The van der Waals surface area contributed by atoms with Gasteiger partial charge in [0.2, 0.25) is 0 Å². The predicted molar refractivity (Wildman–Crippen MR) is 104 cm³/mol. The standard InChI is InChI=1S/C20H16ClN3O3/c21-16-4-2-1-3-15(16)20(25)24-19-8-6-14(12-22-19)23-13-5-7-17-18(11-13)27-10-9-26-17/h1-8,11-12,23H,9-10H2,(H,22,24,25). The molecule has 136 valence electrons. The number of anilines is 3. The average molecular weight is 382 g/mol. The fraction of sp³-hybridized carbons (Fsp3) is 0.100. The third-order valence-electron chi connectivity index (χ3n) is 3.95. The number of nitrogens with one attached hydrogen (secondary N) is 2. The summed E-state index contributed by atoms with van der Waals surface area (Å²) in [6.45, 7) is 1.10. The monoisotopic (exact) mass is 381 g/mol. The molecule has 27 heavy (non-hydrogen) atoms. The summed E-state index contributed by atoms with van der Waals surface area (Å²) in [5.41, 5.74) is 2.04. The van der Waals surface area contributed by atoms with Crippen LogP contribution in [0.25, 0.3) is 0 Å². The van der Waals surface area contributed by atoms with Crippen molar-refractivity contribution >= 4 is 34.7 Å². The minimum atomic E-state index is -0.305. The third kappa shape index (κ3) is 3.96. The quantitative estimate of drug-likeness (QED) is 0.696. The van der Waals surface area contributed by atoms with E-state index in [1.165, 1.54) is 0 Å². The van der Waals surface area contributed by atoms with Gasteiger partial charge in [-0.15, -0.1) is 0 Å². The molecule has 1 aliphatic heterocycles. The van der Waals surface area contributed by atoms with Gasteiger partial charge in [-0.3, -0.25) is 4.79 Å². The molecule has 0 aliphatic carbocycles. The Kier molecular flexibility index (Phi) is 4.80. The molecule has 1 amide bonds. The van der Waals surface area contributed by atoms with Crippen molar-refractivity contribution in [2.24, 2.45) is 0 Å². The Morgan fingerprint density at radius 1 is 0.963 bits per heavy atom. The van der Waals surface area contributed by atoms with E-state index in [2.05, 4.69) is 15.6 Å². The minimum absolute atomic E-state index is 0.305. The van der Waals surface area contributed by atoms with E-state index in [0.29, 0.717) is 35.4 Å². The van der Waals surface area contributed by atoms with Gasteiger partial charge in [0.1, 0.15) is 19.0 Å². The molecule has 0 spiro atoms. The number of hydrogen-bond acceptors (Lipinski definition) is 5. The van der Waals surface area contributed by atoms with E-state index in [4.69, 9.17) is 21.1 Å². The lowest BCUT2D eigenvalue weighted by atomic mass is 10.2. The van der Waals surface area contributed by atoms with Gasteiger partial charge in [0.05, 0.1) is 22.5 Å². The number of carbonyl (C=O) groups is 1. The Labute approximate surface area is 161 Å². The summed E-state index contributed by atoms with van der Waals surface area (Å²) in [5.74, 6) is 1.58. The second-order valence-corrected chi connectivity index (χ2v) is 6.26. The van der Waals surface area contributed by atoms with E-state index in [9.17, 15) is 4.79 Å². The van der Waals surface area contributed by atoms with Crippen LogP contribution in [-0.2, 0) is 0 Å². The SMILES string of the molecule is O=C(Nc1ccc(Nc2ccc3c(c2)OCCO3)cn1)c1ccccc1Cl. The second-order valence-electron chi connectivity index (χ2n) is 5.85. The van der Waals surface area contributed by atoms with Crippen molar-refractivity contribution in [1.82, 2.24) is 4.98 Å². The maximum atomic E-state index is 12.3. The maximum absolute atomic E-state index is 12.3. The first-order chi connectivity index (χ1) is 13.2. The summed E-state index contributed by atoms with van der Waals surface area (Å²) in [6.07, 6.45) is 1.64. The molecule has 0 radical (unpaired) electrons. The number of amides is 1. The highest BCUT2D eigenvalue weighted by Crippen LogP contribution is 2.33. The van der Waals surface area contributed by atoms with Crippen LogP contribution in [0.15, 0.2) is 60.8 Å². The first-order valence-electron chi connectivity index (χ1n) is 8.38. The molecule has 1 aliphatic rings. The van der Waals surface area contributed by atoms with Gasteiger partial charge in [0, 0.05) is 11.8 Å². The lowest BCUT2D eigenvalue weighted by Gasteiger charge is -2.19. The minimum Gasteiger partial charge on any atom is -0.486 e. The van der Waals surface area contributed by atoms with Gasteiger partial charge in [-0.25, -0.2) is 4.98 Å². The van der Waals surface area contributed by atoms with Crippen LogP contribution in [0, 0.1) is 0 Å². The number of pyridine rings is 1. The number of rotatable bonds is 4. The van der Waals surface area contributed by atoms with Gasteiger partial charge >= 0.3 is 0 Å². The molecule has 0 bridgehead atoms. The molecular weight excluding hydrogens is 366 g/mol. The van der Waals surface area contributed by atoms with Gasteiger partial charge < -0.3 is 20.1 Å². The van der Waals surface area contributed by atoms with Crippen molar-refractivity contribution < 1.29 is 14.3 Å². The molecule has 1 aromatic heterocycles. The maximum Gasteiger partial charge on any atom is 0.258 e. The molecule has 0 saturated carbocycles. The second kappa shape index (κ2) is 7.55. The number of benzene rings is 2. The van der Waals surface area contributed by atoms with Crippen LogP contribution in [-0.4, -0.2) is 24.1 Å². The Morgan fingerprint density at radius 2 is 1.74 bits per heavy atom. The van der Waals surface area contributed by atoms with Crippen molar-refractivity contribution in [3.05, 3.63) is 71.4 Å².